The van der Waals surface area contributed by atoms with Gasteiger partial charge >= 0.3 is 0 Å². The molecule has 1 aliphatic rings. The lowest BCUT2D eigenvalue weighted by Crippen LogP contribution is -2.56. The summed E-state index contributed by atoms with van der Waals surface area (Å²) in [7, 11) is 2.08. The first-order valence-corrected chi connectivity index (χ1v) is 7.42. The number of likely N-dealkylation sites (N-methyl/N-ethyl adjacent to an activating group) is 1. The first kappa shape index (κ1) is 15.0. The van der Waals surface area contributed by atoms with Crippen LogP contribution in [0.1, 0.15) is 18.4 Å². The van der Waals surface area contributed by atoms with Crippen molar-refractivity contribution in [2.24, 2.45) is 5.73 Å². The van der Waals surface area contributed by atoms with Crippen molar-refractivity contribution in [1.29, 1.82) is 0 Å². The van der Waals surface area contributed by atoms with Gasteiger partial charge in [-0.15, -0.1) is 0 Å². The third-order valence-corrected chi connectivity index (χ3v) is 3.98. The number of aryl methyl sites for hydroxylation is 1. The lowest BCUT2D eigenvalue weighted by molar-refractivity contribution is -0.135. The van der Waals surface area contributed by atoms with Crippen molar-refractivity contribution in [3.63, 3.8) is 0 Å². The van der Waals surface area contributed by atoms with E-state index in [-0.39, 0.29) is 11.9 Å². The molecule has 2 N–H and O–H groups in total. The quantitative estimate of drug-likeness (QED) is 0.876. The van der Waals surface area contributed by atoms with Gasteiger partial charge in [0.25, 0.3) is 0 Å². The fourth-order valence-corrected chi connectivity index (χ4v) is 2.77. The average Bonchev–Trinajstić information content (AvgIpc) is 2.48. The first-order chi connectivity index (χ1) is 9.70. The van der Waals surface area contributed by atoms with Crippen LogP contribution in [-0.2, 0) is 11.2 Å². The molecule has 1 aromatic rings. The molecule has 0 radical (unpaired) electrons. The van der Waals surface area contributed by atoms with Gasteiger partial charge in [0.1, 0.15) is 0 Å². The van der Waals surface area contributed by atoms with Gasteiger partial charge in [0.15, 0.2) is 0 Å². The van der Waals surface area contributed by atoms with E-state index in [4.69, 9.17) is 5.73 Å². The Labute approximate surface area is 121 Å². The van der Waals surface area contributed by atoms with Crippen LogP contribution in [0.15, 0.2) is 30.3 Å². The van der Waals surface area contributed by atoms with Gasteiger partial charge in [0.05, 0.1) is 6.04 Å². The Bertz CT molecular complexity index is 421. The fourth-order valence-electron chi connectivity index (χ4n) is 2.77. The van der Waals surface area contributed by atoms with Crippen molar-refractivity contribution >= 4 is 5.91 Å². The van der Waals surface area contributed by atoms with Gasteiger partial charge in [-0.2, -0.15) is 0 Å². The Morgan fingerprint density at radius 1 is 1.30 bits per heavy atom. The number of benzene rings is 1. The maximum Gasteiger partial charge on any atom is 0.222 e. The Balaban J connectivity index is 1.79. The largest absolute Gasteiger partial charge is 0.336 e. The third kappa shape index (κ3) is 4.05. The number of nitrogens with zero attached hydrogens (tertiary/aromatic N) is 2. The number of hydrogen-bond donors (Lipinski definition) is 1. The predicted octanol–water partition coefficient (Wildman–Crippen LogP) is 1.11. The highest BCUT2D eigenvalue weighted by Gasteiger charge is 2.27. The summed E-state index contributed by atoms with van der Waals surface area (Å²) in [5.41, 5.74) is 7.09. The Morgan fingerprint density at radius 2 is 2.05 bits per heavy atom. The van der Waals surface area contributed by atoms with Crippen molar-refractivity contribution < 1.29 is 4.79 Å². The van der Waals surface area contributed by atoms with E-state index in [9.17, 15) is 4.79 Å². The molecule has 4 heteroatoms. The molecule has 1 fully saturated rings. The van der Waals surface area contributed by atoms with E-state index in [0.29, 0.717) is 13.0 Å². The highest BCUT2D eigenvalue weighted by Crippen LogP contribution is 2.12. The van der Waals surface area contributed by atoms with E-state index in [1.54, 1.807) is 0 Å². The number of piperazine rings is 1. The maximum absolute atomic E-state index is 12.3. The Hall–Kier alpha value is -1.39. The second kappa shape index (κ2) is 7.41. The first-order valence-electron chi connectivity index (χ1n) is 7.42. The number of hydrogen-bond acceptors (Lipinski definition) is 3. The minimum atomic E-state index is 0.179. The highest BCUT2D eigenvalue weighted by molar-refractivity contribution is 5.76. The Kier molecular flexibility index (Phi) is 5.56. The van der Waals surface area contributed by atoms with Crippen LogP contribution < -0.4 is 5.73 Å². The minimum Gasteiger partial charge on any atom is -0.336 e. The summed E-state index contributed by atoms with van der Waals surface area (Å²) < 4.78 is 0. The zero-order chi connectivity index (χ0) is 14.4. The van der Waals surface area contributed by atoms with Crippen LogP contribution in [-0.4, -0.2) is 55.0 Å². The summed E-state index contributed by atoms with van der Waals surface area (Å²) in [6.07, 6.45) is 2.50. The lowest BCUT2D eigenvalue weighted by Gasteiger charge is -2.39. The number of carbonyl (C=O) groups excluding carboxylic acids is 1. The maximum atomic E-state index is 12.3. The van der Waals surface area contributed by atoms with Crippen molar-refractivity contribution in [2.45, 2.75) is 25.3 Å². The molecule has 1 heterocycles. The van der Waals surface area contributed by atoms with Gasteiger partial charge in [-0.25, -0.2) is 0 Å². The number of nitrogens with two attached hydrogens (primary N) is 1. The monoisotopic (exact) mass is 275 g/mol. The minimum absolute atomic E-state index is 0.179. The van der Waals surface area contributed by atoms with Crippen LogP contribution in [0.3, 0.4) is 0 Å². The van der Waals surface area contributed by atoms with E-state index < -0.39 is 0 Å². The highest BCUT2D eigenvalue weighted by atomic mass is 16.2. The fraction of sp³-hybridized carbons (Fsp3) is 0.562. The molecule has 0 spiro atoms. The smallest absolute Gasteiger partial charge is 0.222 e. The van der Waals surface area contributed by atoms with E-state index in [1.165, 1.54) is 5.56 Å². The van der Waals surface area contributed by atoms with Crippen LogP contribution in [0.4, 0.5) is 0 Å². The van der Waals surface area contributed by atoms with Crippen LogP contribution >= 0.6 is 0 Å². The average molecular weight is 275 g/mol. The molecule has 1 aliphatic heterocycles. The molecule has 1 atom stereocenters. The third-order valence-electron chi connectivity index (χ3n) is 3.98. The number of carbonyl (C=O) groups is 1. The molecular formula is C16H25N3O. The van der Waals surface area contributed by atoms with Gasteiger partial charge in [-0.1, -0.05) is 30.3 Å². The van der Waals surface area contributed by atoms with E-state index >= 15 is 0 Å². The zero-order valence-electron chi connectivity index (χ0n) is 12.3. The summed E-state index contributed by atoms with van der Waals surface area (Å²) in [6.45, 7) is 3.19. The number of rotatable bonds is 5. The second-order valence-electron chi connectivity index (χ2n) is 5.58. The van der Waals surface area contributed by atoms with Crippen LogP contribution in [0.5, 0.6) is 0 Å². The molecule has 1 aromatic carbocycles. The molecule has 2 rings (SSSR count). The Morgan fingerprint density at radius 3 is 2.75 bits per heavy atom. The SMILES string of the molecule is CN1CCN(C(=O)CCCc2ccccc2)C(CN)C1. The van der Waals surface area contributed by atoms with Gasteiger partial charge in [-0.05, 0) is 25.5 Å². The summed E-state index contributed by atoms with van der Waals surface area (Å²) in [5, 5.41) is 0. The van der Waals surface area contributed by atoms with E-state index in [1.807, 2.05) is 23.1 Å². The molecule has 1 amide bonds. The van der Waals surface area contributed by atoms with Gasteiger partial charge < -0.3 is 15.5 Å². The van der Waals surface area contributed by atoms with Crippen LogP contribution in [0, 0.1) is 0 Å². The van der Waals surface area contributed by atoms with Gasteiger partial charge in [-0.3, -0.25) is 4.79 Å². The summed E-state index contributed by atoms with van der Waals surface area (Å²) in [6, 6.07) is 10.5. The summed E-state index contributed by atoms with van der Waals surface area (Å²) in [4.78, 5) is 16.5. The molecule has 0 saturated carbocycles. The molecule has 1 unspecified atom stereocenters. The molecular weight excluding hydrogens is 250 g/mol. The van der Waals surface area contributed by atoms with Crippen molar-refractivity contribution in [1.82, 2.24) is 9.80 Å². The van der Waals surface area contributed by atoms with Gasteiger partial charge in [0, 0.05) is 32.6 Å². The topological polar surface area (TPSA) is 49.6 Å². The second-order valence-corrected chi connectivity index (χ2v) is 5.58. The molecule has 20 heavy (non-hydrogen) atoms. The van der Waals surface area contributed by atoms with E-state index in [2.05, 4.69) is 24.1 Å². The molecule has 1 saturated heterocycles. The van der Waals surface area contributed by atoms with Crippen molar-refractivity contribution in [3.05, 3.63) is 35.9 Å². The number of amides is 1. The lowest BCUT2D eigenvalue weighted by atomic mass is 10.1. The summed E-state index contributed by atoms with van der Waals surface area (Å²) in [5.74, 6) is 0.254. The van der Waals surface area contributed by atoms with Crippen LogP contribution in [0.25, 0.3) is 0 Å². The van der Waals surface area contributed by atoms with Gasteiger partial charge in [0.2, 0.25) is 5.91 Å². The molecule has 0 aromatic heterocycles. The normalized spacial score (nSPS) is 20.1. The molecule has 4 nitrogen and oxygen atoms in total. The molecule has 0 aliphatic carbocycles. The summed E-state index contributed by atoms with van der Waals surface area (Å²) >= 11 is 0. The van der Waals surface area contributed by atoms with Crippen molar-refractivity contribution in [2.75, 3.05) is 33.2 Å². The van der Waals surface area contributed by atoms with Crippen molar-refractivity contribution in [3.8, 4) is 0 Å². The molecule has 110 valence electrons. The molecule has 0 bridgehead atoms. The zero-order valence-corrected chi connectivity index (χ0v) is 12.3. The standard InChI is InChI=1S/C16H25N3O/c1-18-10-11-19(15(12-17)13-18)16(20)9-5-8-14-6-3-2-4-7-14/h2-4,6-7,15H,5,8-13,17H2,1H3. The predicted molar refractivity (Wildman–Crippen MR) is 81.4 cm³/mol. The van der Waals surface area contributed by atoms with E-state index in [0.717, 1.165) is 32.5 Å². The van der Waals surface area contributed by atoms with Crippen LogP contribution in [0.2, 0.25) is 0 Å².